The molecule has 4 heteroatoms. The van der Waals surface area contributed by atoms with E-state index in [4.69, 9.17) is 21.1 Å². The molecule has 1 aromatic heterocycles. The van der Waals surface area contributed by atoms with Gasteiger partial charge in [-0.1, -0.05) is 41.9 Å². The predicted molar refractivity (Wildman–Crippen MR) is 88.7 cm³/mol. The zero-order chi connectivity index (χ0) is 15.4. The molecule has 0 aliphatic carbocycles. The van der Waals surface area contributed by atoms with Gasteiger partial charge < -0.3 is 9.47 Å². The number of fused-ring (bicyclic) bond motifs is 1. The van der Waals surface area contributed by atoms with E-state index in [1.807, 2.05) is 49.4 Å². The fourth-order valence-corrected chi connectivity index (χ4v) is 2.44. The van der Waals surface area contributed by atoms with E-state index in [0.717, 1.165) is 16.5 Å². The van der Waals surface area contributed by atoms with E-state index < -0.39 is 0 Å². The second-order valence-corrected chi connectivity index (χ2v) is 5.22. The summed E-state index contributed by atoms with van der Waals surface area (Å²) in [5, 5.41) is 1.51. The van der Waals surface area contributed by atoms with Gasteiger partial charge in [0.05, 0.1) is 17.1 Å². The van der Waals surface area contributed by atoms with Crippen molar-refractivity contribution >= 4 is 22.5 Å². The minimum absolute atomic E-state index is 0.476. The maximum Gasteiger partial charge on any atom is 0.163 e. The lowest BCUT2D eigenvalue weighted by molar-refractivity contribution is 0.270. The summed E-state index contributed by atoms with van der Waals surface area (Å²) in [7, 11) is 0. The SMILES string of the molecule is CCOc1cc2nccc(Cl)c2cc1OCc1ccccc1. The number of ether oxygens (including phenoxy) is 2. The van der Waals surface area contributed by atoms with Crippen LogP contribution in [0.4, 0.5) is 0 Å². The lowest BCUT2D eigenvalue weighted by Gasteiger charge is -2.13. The molecule has 0 bridgehead atoms. The fourth-order valence-electron chi connectivity index (χ4n) is 2.24. The Morgan fingerprint density at radius 1 is 1.00 bits per heavy atom. The maximum absolute atomic E-state index is 6.24. The van der Waals surface area contributed by atoms with Crippen molar-refractivity contribution in [1.29, 1.82) is 0 Å². The Morgan fingerprint density at radius 3 is 2.55 bits per heavy atom. The van der Waals surface area contributed by atoms with Crippen LogP contribution >= 0.6 is 11.6 Å². The molecule has 0 N–H and O–H groups in total. The highest BCUT2D eigenvalue weighted by molar-refractivity contribution is 6.35. The van der Waals surface area contributed by atoms with Crippen molar-refractivity contribution in [1.82, 2.24) is 4.98 Å². The van der Waals surface area contributed by atoms with Crippen LogP contribution < -0.4 is 9.47 Å². The Balaban J connectivity index is 1.95. The number of halogens is 1. The zero-order valence-electron chi connectivity index (χ0n) is 12.3. The van der Waals surface area contributed by atoms with Gasteiger partial charge >= 0.3 is 0 Å². The Kier molecular flexibility index (Phi) is 4.45. The Labute approximate surface area is 134 Å². The van der Waals surface area contributed by atoms with Gasteiger partial charge in [0.1, 0.15) is 6.61 Å². The number of pyridine rings is 1. The molecule has 0 saturated heterocycles. The molecule has 3 rings (SSSR count). The molecular weight excluding hydrogens is 298 g/mol. The first-order valence-corrected chi connectivity index (χ1v) is 7.53. The van der Waals surface area contributed by atoms with E-state index in [2.05, 4.69) is 4.98 Å². The van der Waals surface area contributed by atoms with Crippen LogP contribution in [0.5, 0.6) is 11.5 Å². The summed E-state index contributed by atoms with van der Waals surface area (Å²) in [4.78, 5) is 4.32. The van der Waals surface area contributed by atoms with E-state index in [1.54, 1.807) is 12.3 Å². The number of benzene rings is 2. The predicted octanol–water partition coefficient (Wildman–Crippen LogP) is 4.87. The lowest BCUT2D eigenvalue weighted by Crippen LogP contribution is -2.00. The monoisotopic (exact) mass is 313 g/mol. The van der Waals surface area contributed by atoms with Crippen LogP contribution in [0.3, 0.4) is 0 Å². The van der Waals surface area contributed by atoms with Crippen LogP contribution in [0.25, 0.3) is 10.9 Å². The van der Waals surface area contributed by atoms with Gasteiger partial charge in [-0.2, -0.15) is 0 Å². The molecule has 0 aliphatic rings. The number of rotatable bonds is 5. The van der Waals surface area contributed by atoms with Crippen molar-refractivity contribution in [2.75, 3.05) is 6.61 Å². The quantitative estimate of drug-likeness (QED) is 0.673. The van der Waals surface area contributed by atoms with Crippen molar-refractivity contribution in [3.63, 3.8) is 0 Å². The third-order valence-electron chi connectivity index (χ3n) is 3.29. The van der Waals surface area contributed by atoms with Gasteiger partial charge in [-0.25, -0.2) is 0 Å². The third kappa shape index (κ3) is 3.15. The van der Waals surface area contributed by atoms with Gasteiger partial charge in [0.15, 0.2) is 11.5 Å². The minimum Gasteiger partial charge on any atom is -0.490 e. The molecule has 22 heavy (non-hydrogen) atoms. The van der Waals surface area contributed by atoms with Gasteiger partial charge in [-0.3, -0.25) is 4.98 Å². The second kappa shape index (κ2) is 6.67. The Hall–Kier alpha value is -2.26. The summed E-state index contributed by atoms with van der Waals surface area (Å²) in [6.45, 7) is 2.98. The summed E-state index contributed by atoms with van der Waals surface area (Å²) < 4.78 is 11.6. The van der Waals surface area contributed by atoms with Crippen LogP contribution in [0.1, 0.15) is 12.5 Å². The summed E-state index contributed by atoms with van der Waals surface area (Å²) in [5.74, 6) is 1.36. The van der Waals surface area contributed by atoms with Gasteiger partial charge in [0, 0.05) is 17.6 Å². The molecule has 0 unspecified atom stereocenters. The molecule has 3 aromatic rings. The molecule has 0 saturated carbocycles. The molecule has 0 radical (unpaired) electrons. The fraction of sp³-hybridized carbons (Fsp3) is 0.167. The number of hydrogen-bond donors (Lipinski definition) is 0. The summed E-state index contributed by atoms with van der Waals surface area (Å²) in [6, 6.07) is 15.5. The summed E-state index contributed by atoms with van der Waals surface area (Å²) >= 11 is 6.24. The summed E-state index contributed by atoms with van der Waals surface area (Å²) in [6.07, 6.45) is 1.69. The van der Waals surface area contributed by atoms with E-state index in [9.17, 15) is 0 Å². The molecular formula is C18H16ClNO2. The zero-order valence-corrected chi connectivity index (χ0v) is 13.0. The highest BCUT2D eigenvalue weighted by atomic mass is 35.5. The number of nitrogens with zero attached hydrogens (tertiary/aromatic N) is 1. The van der Waals surface area contributed by atoms with Crippen LogP contribution in [0.2, 0.25) is 5.02 Å². The van der Waals surface area contributed by atoms with Crippen molar-refractivity contribution in [3.05, 3.63) is 65.3 Å². The van der Waals surface area contributed by atoms with E-state index in [-0.39, 0.29) is 0 Å². The third-order valence-corrected chi connectivity index (χ3v) is 3.62. The van der Waals surface area contributed by atoms with Crippen LogP contribution in [0.15, 0.2) is 54.7 Å². The first-order valence-electron chi connectivity index (χ1n) is 7.15. The average molecular weight is 314 g/mol. The molecule has 112 valence electrons. The molecule has 0 spiro atoms. The van der Waals surface area contributed by atoms with Gasteiger partial charge in [-0.15, -0.1) is 0 Å². The molecule has 0 amide bonds. The molecule has 0 fully saturated rings. The highest BCUT2D eigenvalue weighted by Crippen LogP contribution is 2.35. The largest absolute Gasteiger partial charge is 0.490 e. The Bertz CT molecular complexity index is 775. The van der Waals surface area contributed by atoms with Crippen LogP contribution in [0, 0.1) is 0 Å². The van der Waals surface area contributed by atoms with Crippen molar-refractivity contribution in [2.45, 2.75) is 13.5 Å². The smallest absolute Gasteiger partial charge is 0.163 e. The first-order chi connectivity index (χ1) is 10.8. The van der Waals surface area contributed by atoms with Crippen molar-refractivity contribution in [3.8, 4) is 11.5 Å². The number of hydrogen-bond acceptors (Lipinski definition) is 3. The minimum atomic E-state index is 0.476. The summed E-state index contributed by atoms with van der Waals surface area (Å²) in [5.41, 5.74) is 1.89. The van der Waals surface area contributed by atoms with Gasteiger partial charge in [0.25, 0.3) is 0 Å². The van der Waals surface area contributed by atoms with Crippen molar-refractivity contribution in [2.24, 2.45) is 0 Å². The molecule has 0 atom stereocenters. The lowest BCUT2D eigenvalue weighted by atomic mass is 10.2. The van der Waals surface area contributed by atoms with Crippen molar-refractivity contribution < 1.29 is 9.47 Å². The normalized spacial score (nSPS) is 10.6. The standard InChI is InChI=1S/C18H16ClNO2/c1-2-21-18-11-16-14(15(19)8-9-20-16)10-17(18)22-12-13-6-4-3-5-7-13/h3-11H,2,12H2,1H3. The second-order valence-electron chi connectivity index (χ2n) is 4.82. The van der Waals surface area contributed by atoms with E-state index >= 15 is 0 Å². The first kappa shape index (κ1) is 14.7. The van der Waals surface area contributed by atoms with E-state index in [1.165, 1.54) is 0 Å². The number of aromatic nitrogens is 1. The highest BCUT2D eigenvalue weighted by Gasteiger charge is 2.10. The molecule has 2 aromatic carbocycles. The molecule has 1 heterocycles. The molecule has 0 aliphatic heterocycles. The van der Waals surface area contributed by atoms with E-state index in [0.29, 0.717) is 29.7 Å². The average Bonchev–Trinajstić information content (AvgIpc) is 2.55. The van der Waals surface area contributed by atoms with Crippen LogP contribution in [-0.4, -0.2) is 11.6 Å². The Morgan fingerprint density at radius 2 is 1.77 bits per heavy atom. The topological polar surface area (TPSA) is 31.4 Å². The molecule has 3 nitrogen and oxygen atoms in total. The maximum atomic E-state index is 6.24. The van der Waals surface area contributed by atoms with Crippen LogP contribution in [-0.2, 0) is 6.61 Å². The van der Waals surface area contributed by atoms with Gasteiger partial charge in [-0.05, 0) is 24.6 Å². The van der Waals surface area contributed by atoms with Gasteiger partial charge in [0.2, 0.25) is 0 Å².